The van der Waals surface area contributed by atoms with Crippen molar-refractivity contribution in [1.29, 1.82) is 0 Å². The van der Waals surface area contributed by atoms with Crippen LogP contribution in [-0.4, -0.2) is 33.6 Å². The first-order chi connectivity index (χ1) is 11.0. The summed E-state index contributed by atoms with van der Waals surface area (Å²) in [6, 6.07) is 8.24. The Balaban J connectivity index is 1.52. The molecule has 0 bridgehead atoms. The largest absolute Gasteiger partial charge is 0.371 e. The van der Waals surface area contributed by atoms with Crippen LogP contribution in [0.5, 0.6) is 0 Å². The molecule has 1 aliphatic heterocycles. The lowest BCUT2D eigenvalue weighted by Crippen LogP contribution is -2.46. The van der Waals surface area contributed by atoms with Crippen LogP contribution < -0.4 is 15.4 Å². The minimum atomic E-state index is -3.60. The summed E-state index contributed by atoms with van der Waals surface area (Å²) in [4.78, 5) is 2.50. The molecule has 0 amide bonds. The second kappa shape index (κ2) is 7.20. The number of primary sulfonamides is 1. The maximum atomic E-state index is 11.3. The smallest absolute Gasteiger partial charge is 0.238 e. The Morgan fingerprint density at radius 3 is 2.04 bits per heavy atom. The third-order valence-electron chi connectivity index (χ3n) is 5.10. The van der Waals surface area contributed by atoms with Crippen LogP contribution in [0.15, 0.2) is 29.2 Å². The highest BCUT2D eigenvalue weighted by Crippen LogP contribution is 2.23. The van der Waals surface area contributed by atoms with Gasteiger partial charge in [0.25, 0.3) is 0 Å². The van der Waals surface area contributed by atoms with Crippen LogP contribution in [0, 0.1) is 0 Å². The van der Waals surface area contributed by atoms with Gasteiger partial charge < -0.3 is 10.2 Å². The van der Waals surface area contributed by atoms with E-state index in [4.69, 9.17) is 5.14 Å². The van der Waals surface area contributed by atoms with E-state index >= 15 is 0 Å². The van der Waals surface area contributed by atoms with Gasteiger partial charge in [-0.1, -0.05) is 19.3 Å². The van der Waals surface area contributed by atoms with Gasteiger partial charge in [0.2, 0.25) is 10.0 Å². The van der Waals surface area contributed by atoms with Crippen LogP contribution in [0.3, 0.4) is 0 Å². The van der Waals surface area contributed by atoms with Crippen LogP contribution in [0.4, 0.5) is 5.69 Å². The van der Waals surface area contributed by atoms with Crippen molar-refractivity contribution in [3.63, 3.8) is 0 Å². The van der Waals surface area contributed by atoms with Gasteiger partial charge in [-0.05, 0) is 49.9 Å². The number of nitrogens with one attached hydrogen (secondary N) is 1. The van der Waals surface area contributed by atoms with E-state index in [-0.39, 0.29) is 4.90 Å². The van der Waals surface area contributed by atoms with Gasteiger partial charge in [0, 0.05) is 30.9 Å². The number of rotatable bonds is 4. The minimum Gasteiger partial charge on any atom is -0.371 e. The summed E-state index contributed by atoms with van der Waals surface area (Å²) in [5, 5.41) is 8.98. The Morgan fingerprint density at radius 1 is 0.913 bits per heavy atom. The summed E-state index contributed by atoms with van der Waals surface area (Å²) in [5.41, 5.74) is 1.08. The van der Waals surface area contributed by atoms with E-state index in [1.54, 1.807) is 12.1 Å². The van der Waals surface area contributed by atoms with Crippen molar-refractivity contribution in [2.24, 2.45) is 5.14 Å². The molecule has 1 aromatic carbocycles. The first-order valence-electron chi connectivity index (χ1n) is 8.66. The zero-order chi connectivity index (χ0) is 16.3. The average molecular weight is 337 g/mol. The summed E-state index contributed by atoms with van der Waals surface area (Å²) in [6.45, 7) is 2.03. The van der Waals surface area contributed by atoms with Gasteiger partial charge in [0.1, 0.15) is 0 Å². The Hall–Kier alpha value is -1.11. The fourth-order valence-corrected chi connectivity index (χ4v) is 4.27. The number of anilines is 1. The maximum Gasteiger partial charge on any atom is 0.238 e. The molecule has 5 nitrogen and oxygen atoms in total. The van der Waals surface area contributed by atoms with Crippen molar-refractivity contribution in [3.05, 3.63) is 24.3 Å². The van der Waals surface area contributed by atoms with E-state index < -0.39 is 10.0 Å². The molecule has 3 rings (SSSR count). The summed E-state index contributed by atoms with van der Waals surface area (Å²) in [7, 11) is -3.60. The number of piperidine rings is 1. The molecule has 2 aliphatic rings. The van der Waals surface area contributed by atoms with Crippen LogP contribution in [0.2, 0.25) is 0 Å². The van der Waals surface area contributed by atoms with Gasteiger partial charge in [0.15, 0.2) is 0 Å². The molecule has 1 aliphatic carbocycles. The summed E-state index contributed by atoms with van der Waals surface area (Å²) < 4.78 is 22.6. The van der Waals surface area contributed by atoms with Crippen molar-refractivity contribution in [2.75, 3.05) is 18.0 Å². The van der Waals surface area contributed by atoms with Crippen molar-refractivity contribution >= 4 is 15.7 Å². The van der Waals surface area contributed by atoms with Crippen molar-refractivity contribution < 1.29 is 8.42 Å². The predicted molar refractivity (Wildman–Crippen MR) is 93.1 cm³/mol. The normalized spacial score (nSPS) is 21.5. The highest BCUT2D eigenvalue weighted by Gasteiger charge is 2.23. The molecule has 1 saturated heterocycles. The predicted octanol–water partition coefficient (Wildman–Crippen LogP) is 2.23. The Labute approximate surface area is 139 Å². The van der Waals surface area contributed by atoms with Crippen molar-refractivity contribution in [3.8, 4) is 0 Å². The molecule has 0 radical (unpaired) electrons. The molecule has 0 aromatic heterocycles. The molecular weight excluding hydrogens is 310 g/mol. The standard InChI is InChI=1S/C17H27N3O2S/c18-23(21,22)17-8-6-16(7-9-17)20-12-10-15(11-13-20)19-14-4-2-1-3-5-14/h6-9,14-15,19H,1-5,10-13H2,(H2,18,21,22). The second-order valence-electron chi connectivity index (χ2n) is 6.80. The molecule has 0 unspecified atom stereocenters. The van der Waals surface area contributed by atoms with E-state index in [0.717, 1.165) is 31.6 Å². The van der Waals surface area contributed by atoms with Gasteiger partial charge in [0.05, 0.1) is 4.90 Å². The number of benzene rings is 1. The van der Waals surface area contributed by atoms with E-state index in [0.29, 0.717) is 12.1 Å². The molecule has 1 heterocycles. The molecule has 3 N–H and O–H groups in total. The number of sulfonamides is 1. The van der Waals surface area contributed by atoms with Gasteiger partial charge >= 0.3 is 0 Å². The number of hydrogen-bond donors (Lipinski definition) is 2. The molecule has 0 atom stereocenters. The van der Waals surface area contributed by atoms with Gasteiger partial charge in [-0.2, -0.15) is 0 Å². The fourth-order valence-electron chi connectivity index (χ4n) is 3.75. The Morgan fingerprint density at radius 2 is 1.48 bits per heavy atom. The maximum absolute atomic E-state index is 11.3. The first kappa shape index (κ1) is 16.7. The van der Waals surface area contributed by atoms with Gasteiger partial charge in [-0.15, -0.1) is 0 Å². The molecule has 1 saturated carbocycles. The monoisotopic (exact) mass is 337 g/mol. The average Bonchev–Trinajstić information content (AvgIpc) is 2.56. The van der Waals surface area contributed by atoms with Crippen LogP contribution in [0.25, 0.3) is 0 Å². The Kier molecular flexibility index (Phi) is 5.24. The zero-order valence-corrected chi connectivity index (χ0v) is 14.4. The number of nitrogens with zero attached hydrogens (tertiary/aromatic N) is 1. The molecule has 0 spiro atoms. The topological polar surface area (TPSA) is 75.4 Å². The quantitative estimate of drug-likeness (QED) is 0.883. The molecule has 2 fully saturated rings. The van der Waals surface area contributed by atoms with Crippen LogP contribution >= 0.6 is 0 Å². The molecular formula is C17H27N3O2S. The van der Waals surface area contributed by atoms with E-state index in [1.165, 1.54) is 32.1 Å². The van der Waals surface area contributed by atoms with E-state index in [1.807, 2.05) is 12.1 Å². The lowest BCUT2D eigenvalue weighted by molar-refractivity contribution is 0.307. The minimum absolute atomic E-state index is 0.176. The molecule has 1 aromatic rings. The first-order valence-corrected chi connectivity index (χ1v) is 10.2. The fraction of sp³-hybridized carbons (Fsp3) is 0.647. The van der Waals surface area contributed by atoms with Gasteiger partial charge in [-0.3, -0.25) is 0 Å². The van der Waals surface area contributed by atoms with E-state index in [9.17, 15) is 8.42 Å². The highest BCUT2D eigenvalue weighted by molar-refractivity contribution is 7.89. The lowest BCUT2D eigenvalue weighted by atomic mass is 9.93. The Bertz CT molecular complexity index is 601. The number of nitrogens with two attached hydrogens (primary N) is 1. The second-order valence-corrected chi connectivity index (χ2v) is 8.36. The van der Waals surface area contributed by atoms with E-state index in [2.05, 4.69) is 10.2 Å². The number of hydrogen-bond acceptors (Lipinski definition) is 4. The summed E-state index contributed by atoms with van der Waals surface area (Å²) in [6.07, 6.45) is 9.08. The summed E-state index contributed by atoms with van der Waals surface area (Å²) >= 11 is 0. The lowest BCUT2D eigenvalue weighted by Gasteiger charge is -2.36. The van der Waals surface area contributed by atoms with Crippen molar-refractivity contribution in [1.82, 2.24) is 5.32 Å². The third-order valence-corrected chi connectivity index (χ3v) is 6.03. The molecule has 6 heteroatoms. The molecule has 23 heavy (non-hydrogen) atoms. The SMILES string of the molecule is NS(=O)(=O)c1ccc(N2CCC(NC3CCCCC3)CC2)cc1. The van der Waals surface area contributed by atoms with Crippen LogP contribution in [0.1, 0.15) is 44.9 Å². The van der Waals surface area contributed by atoms with Crippen LogP contribution in [-0.2, 0) is 10.0 Å². The van der Waals surface area contributed by atoms with Gasteiger partial charge in [-0.25, -0.2) is 13.6 Å². The zero-order valence-electron chi connectivity index (χ0n) is 13.6. The molecule has 128 valence electrons. The highest BCUT2D eigenvalue weighted by atomic mass is 32.2. The van der Waals surface area contributed by atoms with Crippen molar-refractivity contribution in [2.45, 2.75) is 61.9 Å². The third kappa shape index (κ3) is 4.46. The summed E-state index contributed by atoms with van der Waals surface area (Å²) in [5.74, 6) is 0.